The van der Waals surface area contributed by atoms with Crippen molar-refractivity contribution < 1.29 is 22.7 Å². The van der Waals surface area contributed by atoms with Gasteiger partial charge in [-0.05, 0) is 68.7 Å². The molecule has 0 N–H and O–H groups in total. The summed E-state index contributed by atoms with van der Waals surface area (Å²) in [5.74, 6) is -0.00110. The Morgan fingerprint density at radius 1 is 1.05 bits per heavy atom. The van der Waals surface area contributed by atoms with Crippen LogP contribution in [0.25, 0.3) is 10.2 Å². The van der Waals surface area contributed by atoms with Crippen LogP contribution < -0.4 is 4.90 Å². The highest BCUT2D eigenvalue weighted by atomic mass is 32.2. The number of hydrogen-bond donors (Lipinski definition) is 0. The Morgan fingerprint density at radius 2 is 1.75 bits per heavy atom. The number of sulfonamides is 1. The summed E-state index contributed by atoms with van der Waals surface area (Å²) in [6, 6.07) is 14.1. The summed E-state index contributed by atoms with van der Waals surface area (Å²) in [7, 11) is -3.81. The molecule has 2 aromatic carbocycles. The monoisotopic (exact) mass is 638 g/mol. The zero-order chi connectivity index (χ0) is 31.6. The lowest BCUT2D eigenvalue weighted by Gasteiger charge is -2.33. The number of carbonyl (C=O) groups is 2. The first kappa shape index (κ1) is 31.6. The number of aryl methyl sites for hydroxylation is 2. The highest BCUT2D eigenvalue weighted by Gasteiger charge is 2.31. The number of carbonyl (C=O) groups excluding carboxylic acids is 2. The van der Waals surface area contributed by atoms with Gasteiger partial charge in [0.2, 0.25) is 10.0 Å². The van der Waals surface area contributed by atoms with Crippen LogP contribution >= 0.6 is 11.3 Å². The van der Waals surface area contributed by atoms with Gasteiger partial charge in [0.05, 0.1) is 34.0 Å². The Bertz CT molecular complexity index is 1760. The lowest BCUT2D eigenvalue weighted by molar-refractivity contribution is 0.0933. The summed E-state index contributed by atoms with van der Waals surface area (Å²) in [5.41, 5.74) is 4.26. The molecule has 1 fully saturated rings. The fourth-order valence-electron chi connectivity index (χ4n) is 5.32. The third kappa shape index (κ3) is 6.49. The van der Waals surface area contributed by atoms with Crippen molar-refractivity contribution in [2.45, 2.75) is 52.0 Å². The lowest BCUT2D eigenvalue weighted by Crippen LogP contribution is -2.50. The number of aromatic nitrogens is 3. The molecule has 0 radical (unpaired) electrons. The predicted octanol–water partition coefficient (Wildman–Crippen LogP) is 5.04. The van der Waals surface area contributed by atoms with Crippen molar-refractivity contribution >= 4 is 48.7 Å². The van der Waals surface area contributed by atoms with Gasteiger partial charge in [0, 0.05) is 44.0 Å². The third-order valence-corrected chi connectivity index (χ3v) is 10.6. The van der Waals surface area contributed by atoms with E-state index >= 15 is 0 Å². The van der Waals surface area contributed by atoms with Gasteiger partial charge < -0.3 is 9.64 Å². The third-order valence-electron chi connectivity index (χ3n) is 7.68. The number of amides is 2. The van der Waals surface area contributed by atoms with E-state index in [0.29, 0.717) is 23.8 Å². The molecular formula is C31H38N6O5S2. The van der Waals surface area contributed by atoms with E-state index in [-0.39, 0.29) is 49.5 Å². The molecule has 0 bridgehead atoms. The quantitative estimate of drug-likeness (QED) is 0.252. The van der Waals surface area contributed by atoms with Crippen LogP contribution in [0.2, 0.25) is 0 Å². The second-order valence-electron chi connectivity index (χ2n) is 11.1. The number of benzene rings is 2. The number of hydrogen-bond acceptors (Lipinski definition) is 8. The summed E-state index contributed by atoms with van der Waals surface area (Å²) in [4.78, 5) is 34.2. The number of rotatable bonds is 9. The van der Waals surface area contributed by atoms with Gasteiger partial charge >= 0.3 is 6.09 Å². The zero-order valence-corrected chi connectivity index (χ0v) is 27.3. The van der Waals surface area contributed by atoms with Gasteiger partial charge in [0.15, 0.2) is 5.13 Å². The van der Waals surface area contributed by atoms with Crippen LogP contribution in [-0.2, 0) is 21.3 Å². The minimum Gasteiger partial charge on any atom is -0.450 e. The van der Waals surface area contributed by atoms with Gasteiger partial charge in [-0.25, -0.2) is 18.2 Å². The fourth-order valence-corrected chi connectivity index (χ4v) is 7.77. The van der Waals surface area contributed by atoms with Crippen molar-refractivity contribution in [3.63, 3.8) is 0 Å². The topological polar surface area (TPSA) is 118 Å². The van der Waals surface area contributed by atoms with E-state index in [1.165, 1.54) is 32.7 Å². The summed E-state index contributed by atoms with van der Waals surface area (Å²) in [5, 5.41) is 5.14. The number of piperazine rings is 1. The first-order valence-electron chi connectivity index (χ1n) is 14.7. The molecule has 1 aliphatic heterocycles. The molecule has 1 saturated heterocycles. The van der Waals surface area contributed by atoms with Crippen molar-refractivity contribution in [1.29, 1.82) is 0 Å². The largest absolute Gasteiger partial charge is 0.450 e. The molecule has 3 heterocycles. The molecule has 0 saturated carbocycles. The van der Waals surface area contributed by atoms with Gasteiger partial charge in [-0.15, -0.1) is 0 Å². The molecule has 1 aliphatic rings. The van der Waals surface area contributed by atoms with Crippen molar-refractivity contribution in [3.05, 3.63) is 71.0 Å². The molecule has 2 amide bonds. The second-order valence-corrected chi connectivity index (χ2v) is 14.0. The van der Waals surface area contributed by atoms with Crippen LogP contribution in [0.5, 0.6) is 0 Å². The zero-order valence-electron chi connectivity index (χ0n) is 25.7. The van der Waals surface area contributed by atoms with E-state index in [0.717, 1.165) is 27.2 Å². The number of nitrogens with zero attached hydrogens (tertiary/aromatic N) is 6. The molecule has 0 atom stereocenters. The van der Waals surface area contributed by atoms with Crippen LogP contribution in [0.4, 0.5) is 9.93 Å². The molecule has 0 aliphatic carbocycles. The lowest BCUT2D eigenvalue weighted by atomic mass is 10.0. The molecule has 5 rings (SSSR count). The van der Waals surface area contributed by atoms with Gasteiger partial charge in [0.1, 0.15) is 0 Å². The van der Waals surface area contributed by atoms with Gasteiger partial charge in [-0.3, -0.25) is 14.4 Å². The number of fused-ring (bicyclic) bond motifs is 1. The van der Waals surface area contributed by atoms with Gasteiger partial charge in [-0.1, -0.05) is 37.3 Å². The van der Waals surface area contributed by atoms with Crippen LogP contribution in [-0.4, -0.2) is 83.7 Å². The maximum atomic E-state index is 14.0. The highest BCUT2D eigenvalue weighted by molar-refractivity contribution is 7.89. The second kappa shape index (κ2) is 13.0. The minimum absolute atomic E-state index is 0.0920. The molecule has 11 nitrogen and oxygen atoms in total. The fraction of sp³-hybridized carbons (Fsp3) is 0.419. The predicted molar refractivity (Wildman–Crippen MR) is 171 cm³/mol. The van der Waals surface area contributed by atoms with E-state index in [1.54, 1.807) is 24.0 Å². The van der Waals surface area contributed by atoms with Crippen LogP contribution in [0.1, 0.15) is 54.0 Å². The van der Waals surface area contributed by atoms with Crippen molar-refractivity contribution in [1.82, 2.24) is 24.0 Å². The van der Waals surface area contributed by atoms with Gasteiger partial charge in [-0.2, -0.15) is 9.40 Å². The number of anilines is 1. The van der Waals surface area contributed by atoms with Crippen LogP contribution in [0.3, 0.4) is 0 Å². The Kier molecular flexibility index (Phi) is 9.37. The van der Waals surface area contributed by atoms with Crippen molar-refractivity contribution in [3.8, 4) is 0 Å². The molecule has 4 aromatic rings. The normalized spacial score (nSPS) is 14.4. The summed E-state index contributed by atoms with van der Waals surface area (Å²) in [6.45, 7) is 11.8. The minimum atomic E-state index is -3.81. The summed E-state index contributed by atoms with van der Waals surface area (Å²) < 4.78 is 36.0. The molecule has 234 valence electrons. The summed E-state index contributed by atoms with van der Waals surface area (Å²) >= 11 is 1.46. The Labute approximate surface area is 262 Å². The van der Waals surface area contributed by atoms with E-state index in [2.05, 4.69) is 25.0 Å². The molecule has 13 heteroatoms. The molecule has 44 heavy (non-hydrogen) atoms. The van der Waals surface area contributed by atoms with Crippen LogP contribution in [0.15, 0.2) is 53.4 Å². The molecule has 2 aromatic heterocycles. The Balaban J connectivity index is 1.39. The van der Waals surface area contributed by atoms with Gasteiger partial charge in [0.25, 0.3) is 5.91 Å². The number of para-hydroxylation sites is 1. The SMILES string of the molecule is CCOC(=O)N1CCN(S(=O)(=O)c2ccc(C(=O)N(CCn3nc(C)cc3C)c3nc4c(C(C)C)cccc4s3)cc2)CC1. The Hall–Kier alpha value is -3.81. The maximum Gasteiger partial charge on any atom is 0.409 e. The number of ether oxygens (including phenoxy) is 1. The highest BCUT2D eigenvalue weighted by Crippen LogP contribution is 2.34. The van der Waals surface area contributed by atoms with E-state index < -0.39 is 16.1 Å². The number of thiazole rings is 1. The first-order valence-corrected chi connectivity index (χ1v) is 17.0. The van der Waals surface area contributed by atoms with Crippen molar-refractivity contribution in [2.24, 2.45) is 0 Å². The average molecular weight is 639 g/mol. The molecule has 0 unspecified atom stereocenters. The van der Waals surface area contributed by atoms with E-state index in [9.17, 15) is 18.0 Å². The smallest absolute Gasteiger partial charge is 0.409 e. The van der Waals surface area contributed by atoms with E-state index in [4.69, 9.17) is 9.72 Å². The maximum absolute atomic E-state index is 14.0. The average Bonchev–Trinajstić information content (AvgIpc) is 3.58. The Morgan fingerprint density at radius 3 is 2.36 bits per heavy atom. The standard InChI is InChI=1S/C31H38N6O5S2/c1-6-42-31(39)34-14-16-35(17-15-34)44(40,41)25-12-10-24(11-13-25)29(38)36(18-19-37-23(5)20-22(4)33-37)30-32-28-26(21(2)3)8-7-9-27(28)43-30/h7-13,20-21H,6,14-19H2,1-5H3. The molecule has 0 spiro atoms. The van der Waals surface area contributed by atoms with E-state index in [1.807, 2.05) is 36.7 Å². The summed E-state index contributed by atoms with van der Waals surface area (Å²) in [6.07, 6.45) is -0.441. The van der Waals surface area contributed by atoms with Crippen LogP contribution in [0, 0.1) is 13.8 Å². The molecular weight excluding hydrogens is 601 g/mol. The first-order chi connectivity index (χ1) is 21.0. The van der Waals surface area contributed by atoms with Crippen molar-refractivity contribution in [2.75, 3.05) is 44.2 Å².